The molecule has 0 aliphatic heterocycles. The van der Waals surface area contributed by atoms with Crippen molar-refractivity contribution in [3.8, 4) is 11.1 Å². The first-order chi connectivity index (χ1) is 10.7. The molecule has 0 radical (unpaired) electrons. The summed E-state index contributed by atoms with van der Waals surface area (Å²) < 4.78 is 0. The van der Waals surface area contributed by atoms with E-state index in [2.05, 4.69) is 65.0 Å². The van der Waals surface area contributed by atoms with Crippen molar-refractivity contribution in [2.45, 2.75) is 66.7 Å². The van der Waals surface area contributed by atoms with Crippen LogP contribution in [0.2, 0.25) is 0 Å². The highest BCUT2D eigenvalue weighted by Crippen LogP contribution is 2.37. The molecule has 0 atom stereocenters. The van der Waals surface area contributed by atoms with Gasteiger partial charge < -0.3 is 0 Å². The van der Waals surface area contributed by atoms with Crippen LogP contribution in [0.4, 0.5) is 0 Å². The average molecular weight is 294 g/mol. The lowest BCUT2D eigenvalue weighted by Gasteiger charge is -2.25. The molecule has 0 aliphatic rings. The van der Waals surface area contributed by atoms with Crippen LogP contribution in [0.15, 0.2) is 30.3 Å². The monoisotopic (exact) mass is 294 g/mol. The normalized spacial score (nSPS) is 11.0. The summed E-state index contributed by atoms with van der Waals surface area (Å²) in [6, 6.07) is 11.0. The standard InChI is InChI=1S/C22H30/c1-6-17-18(7-2)20(9-4)22(16-14-12-11-13-15-16)21(10-5)19(17)8-3/h11-15H,6-10H2,1-5H3. The van der Waals surface area contributed by atoms with Gasteiger partial charge in [-0.2, -0.15) is 0 Å². The van der Waals surface area contributed by atoms with Crippen molar-refractivity contribution in [1.82, 2.24) is 0 Å². The second-order valence-corrected chi connectivity index (χ2v) is 5.90. The Morgan fingerprint density at radius 2 is 0.864 bits per heavy atom. The minimum Gasteiger partial charge on any atom is -0.0622 e. The van der Waals surface area contributed by atoms with E-state index in [9.17, 15) is 0 Å². The molecular weight excluding hydrogens is 264 g/mol. The van der Waals surface area contributed by atoms with Crippen molar-refractivity contribution in [1.29, 1.82) is 0 Å². The molecule has 0 saturated heterocycles. The van der Waals surface area contributed by atoms with E-state index in [-0.39, 0.29) is 0 Å². The fraction of sp³-hybridized carbons (Fsp3) is 0.455. The maximum absolute atomic E-state index is 2.31. The molecule has 0 unspecified atom stereocenters. The van der Waals surface area contributed by atoms with Crippen molar-refractivity contribution in [3.63, 3.8) is 0 Å². The lowest BCUT2D eigenvalue weighted by atomic mass is 9.79. The highest BCUT2D eigenvalue weighted by Gasteiger charge is 2.20. The van der Waals surface area contributed by atoms with Gasteiger partial charge in [-0.15, -0.1) is 0 Å². The SMILES string of the molecule is CCc1c(CC)c(CC)c(-c2ccccc2)c(CC)c1CC. The molecule has 0 heterocycles. The van der Waals surface area contributed by atoms with E-state index >= 15 is 0 Å². The van der Waals surface area contributed by atoms with Crippen LogP contribution in [0, 0.1) is 0 Å². The molecule has 2 aromatic rings. The van der Waals surface area contributed by atoms with Crippen molar-refractivity contribution in [2.75, 3.05) is 0 Å². The van der Waals surface area contributed by atoms with Crippen LogP contribution in [0.1, 0.15) is 62.4 Å². The van der Waals surface area contributed by atoms with Gasteiger partial charge in [0.25, 0.3) is 0 Å². The molecule has 0 bridgehead atoms. The van der Waals surface area contributed by atoms with E-state index in [4.69, 9.17) is 0 Å². The van der Waals surface area contributed by atoms with E-state index in [1.807, 2.05) is 0 Å². The van der Waals surface area contributed by atoms with Gasteiger partial charge in [0.05, 0.1) is 0 Å². The Morgan fingerprint density at radius 3 is 1.23 bits per heavy atom. The summed E-state index contributed by atoms with van der Waals surface area (Å²) in [7, 11) is 0. The van der Waals surface area contributed by atoms with Crippen LogP contribution in [0.5, 0.6) is 0 Å². The molecule has 0 saturated carbocycles. The van der Waals surface area contributed by atoms with Crippen molar-refractivity contribution in [3.05, 3.63) is 58.1 Å². The summed E-state index contributed by atoms with van der Waals surface area (Å²) in [4.78, 5) is 0. The fourth-order valence-electron chi connectivity index (χ4n) is 4.04. The van der Waals surface area contributed by atoms with Crippen LogP contribution >= 0.6 is 0 Å². The van der Waals surface area contributed by atoms with Crippen LogP contribution in [0.25, 0.3) is 11.1 Å². The van der Waals surface area contributed by atoms with Gasteiger partial charge in [-0.05, 0) is 71.0 Å². The van der Waals surface area contributed by atoms with Crippen molar-refractivity contribution in [2.24, 2.45) is 0 Å². The second-order valence-electron chi connectivity index (χ2n) is 5.90. The molecule has 0 amide bonds. The minimum atomic E-state index is 1.12. The van der Waals surface area contributed by atoms with Gasteiger partial charge in [0, 0.05) is 0 Å². The van der Waals surface area contributed by atoms with Crippen molar-refractivity contribution >= 4 is 0 Å². The summed E-state index contributed by atoms with van der Waals surface area (Å²) in [6.07, 6.45) is 5.68. The zero-order chi connectivity index (χ0) is 16.1. The first-order valence-corrected chi connectivity index (χ1v) is 8.96. The molecule has 22 heavy (non-hydrogen) atoms. The molecule has 0 spiro atoms. The van der Waals surface area contributed by atoms with Gasteiger partial charge in [0.2, 0.25) is 0 Å². The number of rotatable bonds is 6. The maximum Gasteiger partial charge on any atom is -0.0114 e. The maximum atomic E-state index is 2.31. The third-order valence-electron chi connectivity index (χ3n) is 4.89. The van der Waals surface area contributed by atoms with E-state index in [1.54, 1.807) is 27.8 Å². The van der Waals surface area contributed by atoms with E-state index < -0.39 is 0 Å². The predicted molar refractivity (Wildman–Crippen MR) is 98.8 cm³/mol. The Hall–Kier alpha value is -1.56. The third kappa shape index (κ3) is 2.84. The molecule has 0 heteroatoms. The Kier molecular flexibility index (Phi) is 5.83. The summed E-state index contributed by atoms with van der Waals surface area (Å²) in [5, 5.41) is 0. The van der Waals surface area contributed by atoms with Gasteiger partial charge >= 0.3 is 0 Å². The van der Waals surface area contributed by atoms with Gasteiger partial charge in [-0.3, -0.25) is 0 Å². The van der Waals surface area contributed by atoms with E-state index in [0.29, 0.717) is 0 Å². The Labute approximate surface area is 136 Å². The number of benzene rings is 2. The Balaban J connectivity index is 2.91. The Bertz CT molecular complexity index is 587. The first-order valence-electron chi connectivity index (χ1n) is 8.96. The van der Waals surface area contributed by atoms with Crippen LogP contribution < -0.4 is 0 Å². The molecule has 0 aromatic heterocycles. The molecule has 0 nitrogen and oxygen atoms in total. The highest BCUT2D eigenvalue weighted by molar-refractivity contribution is 5.75. The van der Waals surface area contributed by atoms with Gasteiger partial charge in [-0.1, -0.05) is 65.0 Å². The smallest absolute Gasteiger partial charge is 0.0114 e. The van der Waals surface area contributed by atoms with E-state index in [0.717, 1.165) is 32.1 Å². The lowest BCUT2D eigenvalue weighted by molar-refractivity contribution is 0.917. The largest absolute Gasteiger partial charge is 0.0622 e. The molecule has 0 aliphatic carbocycles. The zero-order valence-electron chi connectivity index (χ0n) is 14.9. The molecular formula is C22H30. The molecule has 0 fully saturated rings. The zero-order valence-corrected chi connectivity index (χ0v) is 14.9. The molecule has 118 valence electrons. The quantitative estimate of drug-likeness (QED) is 0.598. The van der Waals surface area contributed by atoms with Gasteiger partial charge in [-0.25, -0.2) is 0 Å². The molecule has 2 rings (SSSR count). The minimum absolute atomic E-state index is 1.12. The Morgan fingerprint density at radius 1 is 0.500 bits per heavy atom. The summed E-state index contributed by atoms with van der Waals surface area (Å²) >= 11 is 0. The first kappa shape index (κ1) is 16.8. The van der Waals surface area contributed by atoms with Gasteiger partial charge in [0.1, 0.15) is 0 Å². The summed E-state index contributed by atoms with van der Waals surface area (Å²) in [5.41, 5.74) is 10.9. The fourth-order valence-corrected chi connectivity index (χ4v) is 4.04. The van der Waals surface area contributed by atoms with Gasteiger partial charge in [0.15, 0.2) is 0 Å². The third-order valence-corrected chi connectivity index (χ3v) is 4.89. The lowest BCUT2D eigenvalue weighted by Crippen LogP contribution is -2.10. The van der Waals surface area contributed by atoms with Crippen LogP contribution in [0.3, 0.4) is 0 Å². The molecule has 2 aromatic carbocycles. The summed E-state index contributed by atoms with van der Waals surface area (Å²) in [5.74, 6) is 0. The van der Waals surface area contributed by atoms with Crippen LogP contribution in [-0.2, 0) is 32.1 Å². The number of hydrogen-bond donors (Lipinski definition) is 0. The second kappa shape index (κ2) is 7.63. The molecule has 0 N–H and O–H groups in total. The average Bonchev–Trinajstić information content (AvgIpc) is 2.59. The summed E-state index contributed by atoms with van der Waals surface area (Å²) in [6.45, 7) is 11.6. The highest BCUT2D eigenvalue weighted by atomic mass is 14.2. The van der Waals surface area contributed by atoms with Crippen LogP contribution in [-0.4, -0.2) is 0 Å². The predicted octanol–water partition coefficient (Wildman–Crippen LogP) is 6.17. The van der Waals surface area contributed by atoms with Crippen molar-refractivity contribution < 1.29 is 0 Å². The van der Waals surface area contributed by atoms with E-state index in [1.165, 1.54) is 11.1 Å². The topological polar surface area (TPSA) is 0 Å². The number of hydrogen-bond acceptors (Lipinski definition) is 0.